The van der Waals surface area contributed by atoms with Gasteiger partial charge in [-0.25, -0.2) is 8.78 Å². The molecule has 2 saturated heterocycles. The number of anilines is 2. The summed E-state index contributed by atoms with van der Waals surface area (Å²) in [5.74, 6) is -0.126. The smallest absolute Gasteiger partial charge is 0.253 e. The van der Waals surface area contributed by atoms with Crippen LogP contribution in [0.5, 0.6) is 0 Å². The molecule has 0 radical (unpaired) electrons. The van der Waals surface area contributed by atoms with Crippen LogP contribution >= 0.6 is 0 Å². The van der Waals surface area contributed by atoms with Crippen LogP contribution in [0.25, 0.3) is 0 Å². The van der Waals surface area contributed by atoms with Gasteiger partial charge in [0, 0.05) is 81.3 Å². The number of fused-ring (bicyclic) bond motifs is 3. The van der Waals surface area contributed by atoms with Gasteiger partial charge in [-0.05, 0) is 78.6 Å². The van der Waals surface area contributed by atoms with Crippen molar-refractivity contribution < 1.29 is 13.6 Å². The molecule has 7 heteroatoms. The number of piperazine rings is 1. The molecule has 0 bridgehead atoms. The number of rotatable bonds is 6. The first-order chi connectivity index (χ1) is 19.0. The monoisotopic (exact) mass is 530 g/mol. The Morgan fingerprint density at radius 2 is 1.51 bits per heavy atom. The maximum atomic E-state index is 14.3. The summed E-state index contributed by atoms with van der Waals surface area (Å²) in [7, 11) is 0. The molecule has 3 aliphatic heterocycles. The summed E-state index contributed by atoms with van der Waals surface area (Å²) in [5, 5.41) is 0. The first-order valence-corrected chi connectivity index (χ1v) is 14.2. The molecule has 204 valence electrons. The minimum atomic E-state index is -0.250. The SMILES string of the molecule is CCc1ccc(C(=O)N2CCN(CCN3CCC4C(C3)c3cc(F)ccc3N4c3ccc(F)cc3)CC2)cc1. The zero-order valence-electron chi connectivity index (χ0n) is 22.5. The second-order valence-electron chi connectivity index (χ2n) is 11.0. The van der Waals surface area contributed by atoms with E-state index in [9.17, 15) is 13.6 Å². The number of carbonyl (C=O) groups is 1. The standard InChI is InChI=1S/C32H36F2N4O/c1-2-23-3-5-24(6-4-23)32(39)37-19-17-35(18-20-37)15-16-36-14-13-31-29(22-36)28-21-26(34)9-12-30(28)38(31)27-10-7-25(33)8-11-27/h3-12,21,29,31H,2,13-20,22H2,1H3. The molecule has 3 heterocycles. The van der Waals surface area contributed by atoms with Gasteiger partial charge in [-0.2, -0.15) is 0 Å². The summed E-state index contributed by atoms with van der Waals surface area (Å²) in [4.78, 5) is 22.1. The second-order valence-corrected chi connectivity index (χ2v) is 11.0. The molecule has 0 aromatic heterocycles. The van der Waals surface area contributed by atoms with E-state index in [4.69, 9.17) is 0 Å². The summed E-state index contributed by atoms with van der Waals surface area (Å²) < 4.78 is 27.9. The normalized spacial score (nSPS) is 21.6. The fourth-order valence-electron chi connectivity index (χ4n) is 6.50. The lowest BCUT2D eigenvalue weighted by Gasteiger charge is -2.40. The summed E-state index contributed by atoms with van der Waals surface area (Å²) in [5.41, 5.74) is 5.05. The van der Waals surface area contributed by atoms with Gasteiger partial charge in [-0.3, -0.25) is 9.69 Å². The minimum Gasteiger partial charge on any atom is -0.337 e. The van der Waals surface area contributed by atoms with Gasteiger partial charge in [-0.1, -0.05) is 19.1 Å². The Kier molecular flexibility index (Phi) is 7.36. The van der Waals surface area contributed by atoms with Crippen LogP contribution in [0.15, 0.2) is 66.7 Å². The van der Waals surface area contributed by atoms with Crippen LogP contribution in [0.1, 0.15) is 40.7 Å². The topological polar surface area (TPSA) is 30.0 Å². The fraction of sp³-hybridized carbons (Fsp3) is 0.406. The van der Waals surface area contributed by atoms with E-state index in [0.717, 1.165) is 87.7 Å². The molecular formula is C32H36F2N4O. The molecule has 0 aliphatic carbocycles. The molecule has 2 atom stereocenters. The third kappa shape index (κ3) is 5.30. The molecule has 2 fully saturated rings. The van der Waals surface area contributed by atoms with Gasteiger partial charge < -0.3 is 14.7 Å². The largest absolute Gasteiger partial charge is 0.337 e. The van der Waals surface area contributed by atoms with E-state index in [-0.39, 0.29) is 29.5 Å². The number of aryl methyl sites for hydroxylation is 1. The van der Waals surface area contributed by atoms with Crippen LogP contribution < -0.4 is 4.90 Å². The summed E-state index contributed by atoms with van der Waals surface area (Å²) >= 11 is 0. The third-order valence-corrected chi connectivity index (χ3v) is 8.75. The van der Waals surface area contributed by atoms with Crippen molar-refractivity contribution in [3.8, 4) is 0 Å². The van der Waals surface area contributed by atoms with E-state index >= 15 is 0 Å². The lowest BCUT2D eigenvalue weighted by atomic mass is 9.89. The van der Waals surface area contributed by atoms with Crippen molar-refractivity contribution in [2.45, 2.75) is 31.7 Å². The molecule has 6 rings (SSSR count). The highest BCUT2D eigenvalue weighted by molar-refractivity contribution is 5.94. The van der Waals surface area contributed by atoms with Crippen LogP contribution in [-0.4, -0.2) is 79.0 Å². The number of hydrogen-bond acceptors (Lipinski definition) is 4. The maximum absolute atomic E-state index is 14.3. The van der Waals surface area contributed by atoms with Crippen molar-refractivity contribution in [2.75, 3.05) is 57.3 Å². The minimum absolute atomic E-state index is 0.122. The molecule has 0 N–H and O–H groups in total. The number of carbonyl (C=O) groups excluding carboxylic acids is 1. The highest BCUT2D eigenvalue weighted by Crippen LogP contribution is 2.48. The lowest BCUT2D eigenvalue weighted by molar-refractivity contribution is 0.0615. The molecule has 3 aliphatic rings. The Morgan fingerprint density at radius 1 is 0.821 bits per heavy atom. The average Bonchev–Trinajstić information content (AvgIpc) is 3.29. The third-order valence-electron chi connectivity index (χ3n) is 8.75. The molecular weight excluding hydrogens is 494 g/mol. The van der Waals surface area contributed by atoms with Gasteiger partial charge in [0.2, 0.25) is 0 Å². The van der Waals surface area contributed by atoms with Crippen molar-refractivity contribution in [3.05, 3.63) is 95.1 Å². The van der Waals surface area contributed by atoms with Gasteiger partial charge in [-0.15, -0.1) is 0 Å². The van der Waals surface area contributed by atoms with Gasteiger partial charge in [0.25, 0.3) is 5.91 Å². The van der Waals surface area contributed by atoms with Crippen molar-refractivity contribution in [2.24, 2.45) is 0 Å². The predicted octanol–water partition coefficient (Wildman–Crippen LogP) is 5.29. The van der Waals surface area contributed by atoms with Crippen LogP contribution in [0.2, 0.25) is 0 Å². The Balaban J connectivity index is 1.05. The molecule has 0 saturated carbocycles. The van der Waals surface area contributed by atoms with Gasteiger partial charge in [0.15, 0.2) is 0 Å². The van der Waals surface area contributed by atoms with Crippen molar-refractivity contribution >= 4 is 17.3 Å². The quantitative estimate of drug-likeness (QED) is 0.433. The molecule has 3 aromatic rings. The zero-order valence-corrected chi connectivity index (χ0v) is 22.5. The number of halogens is 2. The molecule has 2 unspecified atom stereocenters. The summed E-state index contributed by atoms with van der Waals surface area (Å²) in [6, 6.07) is 19.9. The number of hydrogen-bond donors (Lipinski definition) is 0. The predicted molar refractivity (Wildman–Crippen MR) is 151 cm³/mol. The van der Waals surface area contributed by atoms with E-state index in [1.165, 1.54) is 23.8 Å². The zero-order chi connectivity index (χ0) is 26.9. The number of likely N-dealkylation sites (tertiary alicyclic amines) is 1. The molecule has 1 amide bonds. The van der Waals surface area contributed by atoms with Crippen LogP contribution in [0, 0.1) is 11.6 Å². The number of benzene rings is 3. The molecule has 0 spiro atoms. The number of piperidine rings is 1. The van der Waals surface area contributed by atoms with Crippen LogP contribution in [0.4, 0.5) is 20.2 Å². The highest BCUT2D eigenvalue weighted by atomic mass is 19.1. The summed E-state index contributed by atoms with van der Waals surface area (Å²) in [6.07, 6.45) is 1.94. The average molecular weight is 531 g/mol. The Labute approximate surface area is 229 Å². The first kappa shape index (κ1) is 26.0. The van der Waals surface area contributed by atoms with Crippen molar-refractivity contribution in [1.29, 1.82) is 0 Å². The highest BCUT2D eigenvalue weighted by Gasteiger charge is 2.42. The van der Waals surface area contributed by atoms with E-state index in [0.29, 0.717) is 0 Å². The number of amides is 1. The lowest BCUT2D eigenvalue weighted by Crippen LogP contribution is -2.51. The van der Waals surface area contributed by atoms with E-state index in [1.807, 2.05) is 47.4 Å². The Morgan fingerprint density at radius 3 is 2.23 bits per heavy atom. The van der Waals surface area contributed by atoms with Gasteiger partial charge >= 0.3 is 0 Å². The Bertz CT molecular complexity index is 1300. The fourth-order valence-corrected chi connectivity index (χ4v) is 6.50. The Hall–Kier alpha value is -3.29. The van der Waals surface area contributed by atoms with Crippen LogP contribution in [-0.2, 0) is 6.42 Å². The van der Waals surface area contributed by atoms with Gasteiger partial charge in [0.05, 0.1) is 0 Å². The van der Waals surface area contributed by atoms with E-state index < -0.39 is 0 Å². The van der Waals surface area contributed by atoms with Crippen molar-refractivity contribution in [1.82, 2.24) is 14.7 Å². The maximum Gasteiger partial charge on any atom is 0.253 e. The number of nitrogens with zero attached hydrogens (tertiary/aromatic N) is 4. The van der Waals surface area contributed by atoms with Crippen molar-refractivity contribution in [3.63, 3.8) is 0 Å². The summed E-state index contributed by atoms with van der Waals surface area (Å²) in [6.45, 7) is 9.14. The molecule has 39 heavy (non-hydrogen) atoms. The second kappa shape index (κ2) is 11.1. The van der Waals surface area contributed by atoms with Gasteiger partial charge in [0.1, 0.15) is 11.6 Å². The van der Waals surface area contributed by atoms with E-state index in [1.54, 1.807) is 6.07 Å². The first-order valence-electron chi connectivity index (χ1n) is 14.2. The van der Waals surface area contributed by atoms with E-state index in [2.05, 4.69) is 21.6 Å². The molecule has 5 nitrogen and oxygen atoms in total. The molecule has 3 aromatic carbocycles. The van der Waals surface area contributed by atoms with Crippen LogP contribution in [0.3, 0.4) is 0 Å².